The van der Waals surface area contributed by atoms with E-state index in [0.717, 1.165) is 24.9 Å². The molecule has 5 heteroatoms. The zero-order valence-corrected chi connectivity index (χ0v) is 13.6. The van der Waals surface area contributed by atoms with Crippen molar-refractivity contribution in [1.29, 1.82) is 0 Å². The molecule has 21 heavy (non-hydrogen) atoms. The molecule has 0 bridgehead atoms. The van der Waals surface area contributed by atoms with Gasteiger partial charge in [0.1, 0.15) is 0 Å². The van der Waals surface area contributed by atoms with Crippen LogP contribution in [0.25, 0.3) is 0 Å². The molecule has 0 radical (unpaired) electrons. The Morgan fingerprint density at radius 3 is 2.67 bits per heavy atom. The van der Waals surface area contributed by atoms with Gasteiger partial charge in [-0.1, -0.05) is 38.3 Å². The summed E-state index contributed by atoms with van der Waals surface area (Å²) < 4.78 is 27.5. The third-order valence-corrected chi connectivity index (χ3v) is 5.50. The minimum atomic E-state index is -3.38. The molecule has 1 aromatic carbocycles. The van der Waals surface area contributed by atoms with Crippen molar-refractivity contribution in [2.45, 2.75) is 50.5 Å². The number of hydrogen-bond acceptors (Lipinski definition) is 3. The van der Waals surface area contributed by atoms with Crippen molar-refractivity contribution in [3.63, 3.8) is 0 Å². The van der Waals surface area contributed by atoms with Gasteiger partial charge in [0, 0.05) is 13.1 Å². The smallest absolute Gasteiger partial charge is 0.240 e. The summed E-state index contributed by atoms with van der Waals surface area (Å²) in [5.74, 6) is 0.499. The van der Waals surface area contributed by atoms with Gasteiger partial charge in [-0.25, -0.2) is 13.1 Å². The Morgan fingerprint density at radius 2 is 1.95 bits per heavy atom. The number of benzene rings is 1. The SMILES string of the molecule is CCNCc1cccc(S(=O)(=O)NCC2CCCCC2)c1. The van der Waals surface area contributed by atoms with Crippen LogP contribution >= 0.6 is 0 Å². The fourth-order valence-corrected chi connectivity index (χ4v) is 3.98. The second kappa shape index (κ2) is 7.92. The van der Waals surface area contributed by atoms with Crippen LogP contribution in [0.15, 0.2) is 29.2 Å². The van der Waals surface area contributed by atoms with E-state index < -0.39 is 10.0 Å². The molecule has 1 aliphatic carbocycles. The molecular formula is C16H26N2O2S. The molecule has 4 nitrogen and oxygen atoms in total. The number of sulfonamides is 1. The van der Waals surface area contributed by atoms with E-state index >= 15 is 0 Å². The molecule has 0 aliphatic heterocycles. The summed E-state index contributed by atoms with van der Waals surface area (Å²) in [4.78, 5) is 0.369. The van der Waals surface area contributed by atoms with E-state index in [1.165, 1.54) is 19.3 Å². The van der Waals surface area contributed by atoms with Crippen LogP contribution in [-0.2, 0) is 16.6 Å². The fraction of sp³-hybridized carbons (Fsp3) is 0.625. The molecule has 1 aliphatic rings. The van der Waals surface area contributed by atoms with E-state index in [1.807, 2.05) is 19.1 Å². The molecule has 1 fully saturated rings. The standard InChI is InChI=1S/C16H26N2O2S/c1-2-17-12-15-9-6-10-16(11-15)21(19,20)18-13-14-7-4-3-5-8-14/h6,9-11,14,17-18H,2-5,7-8,12-13H2,1H3. The van der Waals surface area contributed by atoms with Crippen molar-refractivity contribution in [3.8, 4) is 0 Å². The molecule has 0 saturated heterocycles. The van der Waals surface area contributed by atoms with Crippen LogP contribution in [0.2, 0.25) is 0 Å². The summed E-state index contributed by atoms with van der Waals surface area (Å²) in [7, 11) is -3.38. The van der Waals surface area contributed by atoms with Gasteiger partial charge < -0.3 is 5.32 Å². The van der Waals surface area contributed by atoms with Crippen molar-refractivity contribution >= 4 is 10.0 Å². The highest BCUT2D eigenvalue weighted by Crippen LogP contribution is 2.23. The third kappa shape index (κ3) is 5.09. The van der Waals surface area contributed by atoms with Crippen molar-refractivity contribution in [3.05, 3.63) is 29.8 Å². The van der Waals surface area contributed by atoms with Crippen molar-refractivity contribution in [2.24, 2.45) is 5.92 Å². The Morgan fingerprint density at radius 1 is 1.19 bits per heavy atom. The number of hydrogen-bond donors (Lipinski definition) is 2. The first-order chi connectivity index (χ1) is 10.1. The van der Waals surface area contributed by atoms with Gasteiger partial charge in [0.25, 0.3) is 0 Å². The Balaban J connectivity index is 1.97. The molecule has 2 N–H and O–H groups in total. The second-order valence-electron chi connectivity index (χ2n) is 5.78. The summed E-state index contributed by atoms with van der Waals surface area (Å²) in [6.45, 7) is 4.17. The van der Waals surface area contributed by atoms with Crippen molar-refractivity contribution in [1.82, 2.24) is 10.0 Å². The van der Waals surface area contributed by atoms with Gasteiger partial charge in [-0.2, -0.15) is 0 Å². The summed E-state index contributed by atoms with van der Waals surface area (Å²) in [6, 6.07) is 7.18. The Hall–Kier alpha value is -0.910. The highest BCUT2D eigenvalue weighted by atomic mass is 32.2. The molecule has 2 rings (SSSR count). The molecule has 0 atom stereocenters. The van der Waals surface area contributed by atoms with Gasteiger partial charge in [-0.3, -0.25) is 0 Å². The van der Waals surface area contributed by atoms with Crippen LogP contribution in [0, 0.1) is 5.92 Å². The van der Waals surface area contributed by atoms with Gasteiger partial charge in [-0.05, 0) is 43.0 Å². The molecule has 0 heterocycles. The van der Waals surface area contributed by atoms with Gasteiger partial charge in [-0.15, -0.1) is 0 Å². The monoisotopic (exact) mass is 310 g/mol. The largest absolute Gasteiger partial charge is 0.313 e. The molecule has 1 aromatic rings. The quantitative estimate of drug-likeness (QED) is 0.814. The molecule has 0 unspecified atom stereocenters. The zero-order chi connectivity index (χ0) is 15.1. The van der Waals surface area contributed by atoms with Crippen LogP contribution in [0.3, 0.4) is 0 Å². The Bertz CT molecular complexity index is 537. The molecule has 0 aromatic heterocycles. The van der Waals surface area contributed by atoms with E-state index in [9.17, 15) is 8.42 Å². The maximum absolute atomic E-state index is 12.4. The molecular weight excluding hydrogens is 284 g/mol. The normalized spacial score (nSPS) is 17.0. The minimum absolute atomic E-state index is 0.369. The Labute approximate surface area is 128 Å². The lowest BCUT2D eigenvalue weighted by Crippen LogP contribution is -2.30. The lowest BCUT2D eigenvalue weighted by molar-refractivity contribution is 0.357. The molecule has 1 saturated carbocycles. The lowest BCUT2D eigenvalue weighted by atomic mass is 9.90. The molecule has 118 valence electrons. The molecule has 0 amide bonds. The summed E-state index contributed by atoms with van der Waals surface area (Å²) in [6.07, 6.45) is 6.02. The van der Waals surface area contributed by atoms with Gasteiger partial charge in [0.2, 0.25) is 10.0 Å². The molecule has 0 spiro atoms. The van der Waals surface area contributed by atoms with Crippen LogP contribution in [0.1, 0.15) is 44.6 Å². The predicted molar refractivity (Wildman–Crippen MR) is 85.6 cm³/mol. The van der Waals surface area contributed by atoms with E-state index in [1.54, 1.807) is 12.1 Å². The van der Waals surface area contributed by atoms with Crippen LogP contribution in [0.5, 0.6) is 0 Å². The van der Waals surface area contributed by atoms with Crippen molar-refractivity contribution < 1.29 is 8.42 Å². The summed E-state index contributed by atoms with van der Waals surface area (Å²) >= 11 is 0. The minimum Gasteiger partial charge on any atom is -0.313 e. The zero-order valence-electron chi connectivity index (χ0n) is 12.8. The predicted octanol–water partition coefficient (Wildman–Crippen LogP) is 2.65. The number of nitrogens with one attached hydrogen (secondary N) is 2. The van der Waals surface area contributed by atoms with Crippen LogP contribution in [0.4, 0.5) is 0 Å². The maximum atomic E-state index is 12.4. The van der Waals surface area contributed by atoms with Gasteiger partial charge >= 0.3 is 0 Å². The van der Waals surface area contributed by atoms with Crippen LogP contribution < -0.4 is 10.0 Å². The first kappa shape index (κ1) is 16.5. The van der Waals surface area contributed by atoms with Gasteiger partial charge in [0.05, 0.1) is 4.90 Å². The maximum Gasteiger partial charge on any atom is 0.240 e. The topological polar surface area (TPSA) is 58.2 Å². The lowest BCUT2D eigenvalue weighted by Gasteiger charge is -2.21. The van der Waals surface area contributed by atoms with E-state index in [4.69, 9.17) is 0 Å². The highest BCUT2D eigenvalue weighted by Gasteiger charge is 2.18. The first-order valence-electron chi connectivity index (χ1n) is 7.91. The average Bonchev–Trinajstić information content (AvgIpc) is 2.52. The van der Waals surface area contributed by atoms with Crippen LogP contribution in [-0.4, -0.2) is 21.5 Å². The highest BCUT2D eigenvalue weighted by molar-refractivity contribution is 7.89. The second-order valence-corrected chi connectivity index (χ2v) is 7.55. The van der Waals surface area contributed by atoms with Crippen molar-refractivity contribution in [2.75, 3.05) is 13.1 Å². The average molecular weight is 310 g/mol. The van der Waals surface area contributed by atoms with E-state index in [0.29, 0.717) is 23.9 Å². The summed E-state index contributed by atoms with van der Waals surface area (Å²) in [5, 5.41) is 3.21. The fourth-order valence-electron chi connectivity index (χ4n) is 2.79. The third-order valence-electron chi connectivity index (χ3n) is 4.07. The number of rotatable bonds is 7. The first-order valence-corrected chi connectivity index (χ1v) is 9.39. The summed E-state index contributed by atoms with van der Waals surface area (Å²) in [5.41, 5.74) is 0.998. The van der Waals surface area contributed by atoms with Gasteiger partial charge in [0.15, 0.2) is 0 Å². The Kier molecular flexibility index (Phi) is 6.21. The van der Waals surface area contributed by atoms with E-state index in [2.05, 4.69) is 10.0 Å². The van der Waals surface area contributed by atoms with E-state index in [-0.39, 0.29) is 0 Å².